The molecule has 0 atom stereocenters. The van der Waals surface area contributed by atoms with E-state index in [0.29, 0.717) is 5.56 Å². The van der Waals surface area contributed by atoms with Gasteiger partial charge in [-0.15, -0.1) is 0 Å². The van der Waals surface area contributed by atoms with Crippen molar-refractivity contribution in [3.63, 3.8) is 0 Å². The molecule has 1 aromatic carbocycles. The summed E-state index contributed by atoms with van der Waals surface area (Å²) in [6, 6.07) is 5.70. The Labute approximate surface area is 107 Å². The zero-order valence-electron chi connectivity index (χ0n) is 10.6. The molecule has 5 heteroatoms. The first kappa shape index (κ1) is 14.6. The van der Waals surface area contributed by atoms with Crippen LogP contribution in [-0.2, 0) is 14.6 Å². The summed E-state index contributed by atoms with van der Waals surface area (Å²) in [5.41, 5.74) is 0.478. The summed E-state index contributed by atoms with van der Waals surface area (Å²) in [5.74, 6) is -1.09. The molecule has 0 radical (unpaired) electrons. The molecule has 0 aliphatic heterocycles. The molecular weight excluding hydrogens is 252 g/mol. The van der Waals surface area contributed by atoms with Crippen LogP contribution in [0.15, 0.2) is 29.2 Å². The van der Waals surface area contributed by atoms with Gasteiger partial charge in [-0.3, -0.25) is 9.59 Å². The highest BCUT2D eigenvalue weighted by molar-refractivity contribution is 7.92. The molecule has 1 rings (SSSR count). The maximum Gasteiger partial charge on any atom is 0.185 e. The van der Waals surface area contributed by atoms with Gasteiger partial charge in [-0.1, -0.05) is 26.0 Å². The summed E-state index contributed by atoms with van der Waals surface area (Å²) in [4.78, 5) is 22.6. The second-order valence-corrected chi connectivity index (χ2v) is 6.49. The van der Waals surface area contributed by atoms with Crippen LogP contribution in [0.25, 0.3) is 0 Å². The number of hydrogen-bond donors (Lipinski definition) is 0. The van der Waals surface area contributed by atoms with E-state index < -0.39 is 21.4 Å². The predicted octanol–water partition coefficient (Wildman–Crippen LogP) is 1.89. The van der Waals surface area contributed by atoms with Crippen molar-refractivity contribution in [2.24, 2.45) is 5.92 Å². The lowest BCUT2D eigenvalue weighted by Crippen LogP contribution is -2.14. The smallest absolute Gasteiger partial charge is 0.185 e. The fourth-order valence-electron chi connectivity index (χ4n) is 1.51. The Morgan fingerprint density at radius 1 is 1.11 bits per heavy atom. The minimum Gasteiger partial charge on any atom is -0.299 e. The third-order valence-electron chi connectivity index (χ3n) is 2.42. The van der Waals surface area contributed by atoms with Crippen molar-refractivity contribution in [3.05, 3.63) is 29.8 Å². The molecule has 0 amide bonds. The van der Waals surface area contributed by atoms with Gasteiger partial charge in [0.2, 0.25) is 0 Å². The molecule has 18 heavy (non-hydrogen) atoms. The number of sulfone groups is 1. The first-order valence-corrected chi connectivity index (χ1v) is 7.25. The quantitative estimate of drug-likeness (QED) is 0.765. The van der Waals surface area contributed by atoms with Gasteiger partial charge >= 0.3 is 0 Å². The zero-order chi connectivity index (χ0) is 13.9. The van der Waals surface area contributed by atoms with Crippen LogP contribution in [0.3, 0.4) is 0 Å². The summed E-state index contributed by atoms with van der Waals surface area (Å²) in [7, 11) is -3.58. The monoisotopic (exact) mass is 268 g/mol. The minimum atomic E-state index is -3.58. The lowest BCUT2D eigenvalue weighted by atomic mass is 10.0. The third kappa shape index (κ3) is 3.50. The highest BCUT2D eigenvalue weighted by Gasteiger charge is 2.18. The lowest BCUT2D eigenvalue weighted by Gasteiger charge is -2.06. The Hall–Kier alpha value is -1.49. The Kier molecular flexibility index (Phi) is 4.40. The van der Waals surface area contributed by atoms with Crippen LogP contribution < -0.4 is 0 Å². The van der Waals surface area contributed by atoms with Crippen molar-refractivity contribution in [1.29, 1.82) is 0 Å². The molecule has 1 aromatic rings. The normalized spacial score (nSPS) is 11.6. The van der Waals surface area contributed by atoms with Crippen molar-refractivity contribution in [1.82, 2.24) is 0 Å². The fraction of sp³-hybridized carbons (Fsp3) is 0.385. The van der Waals surface area contributed by atoms with Crippen molar-refractivity contribution < 1.29 is 18.0 Å². The van der Waals surface area contributed by atoms with E-state index in [1.54, 1.807) is 13.8 Å². The van der Waals surface area contributed by atoms with E-state index in [1.165, 1.54) is 31.2 Å². The molecule has 0 saturated heterocycles. The van der Waals surface area contributed by atoms with E-state index in [2.05, 4.69) is 0 Å². The Morgan fingerprint density at radius 3 is 2.00 bits per heavy atom. The van der Waals surface area contributed by atoms with Gasteiger partial charge in [0.1, 0.15) is 11.5 Å². The molecule has 0 saturated carbocycles. The molecule has 0 unspecified atom stereocenters. The minimum absolute atomic E-state index is 0.0366. The number of ketones is 2. The van der Waals surface area contributed by atoms with Crippen LogP contribution in [0, 0.1) is 5.92 Å². The van der Waals surface area contributed by atoms with Crippen molar-refractivity contribution >= 4 is 21.4 Å². The van der Waals surface area contributed by atoms with Gasteiger partial charge in [-0.2, -0.15) is 0 Å². The molecule has 0 heterocycles. The predicted molar refractivity (Wildman–Crippen MR) is 68.3 cm³/mol. The maximum absolute atomic E-state index is 11.8. The fourth-order valence-corrected chi connectivity index (χ4v) is 2.76. The summed E-state index contributed by atoms with van der Waals surface area (Å²) in [6.07, 6.45) is 0. The molecule has 0 spiro atoms. The summed E-state index contributed by atoms with van der Waals surface area (Å²) in [6.45, 7) is 4.79. The zero-order valence-corrected chi connectivity index (χ0v) is 11.5. The molecular formula is C13H16O4S. The second kappa shape index (κ2) is 5.44. The Balaban J connectivity index is 3.03. The van der Waals surface area contributed by atoms with Gasteiger partial charge in [-0.05, 0) is 19.1 Å². The van der Waals surface area contributed by atoms with Gasteiger partial charge in [0, 0.05) is 11.5 Å². The second-order valence-electron chi connectivity index (χ2n) is 4.50. The van der Waals surface area contributed by atoms with E-state index in [-0.39, 0.29) is 16.6 Å². The van der Waals surface area contributed by atoms with Crippen LogP contribution in [0.4, 0.5) is 0 Å². The van der Waals surface area contributed by atoms with Gasteiger partial charge in [0.25, 0.3) is 0 Å². The van der Waals surface area contributed by atoms with Crippen LogP contribution in [0.1, 0.15) is 31.1 Å². The average molecular weight is 268 g/mol. The topological polar surface area (TPSA) is 68.3 Å². The first-order valence-electron chi connectivity index (χ1n) is 5.60. The van der Waals surface area contributed by atoms with Crippen LogP contribution in [0.5, 0.6) is 0 Å². The molecule has 0 aliphatic carbocycles. The summed E-state index contributed by atoms with van der Waals surface area (Å²) >= 11 is 0. The number of rotatable bonds is 5. The van der Waals surface area contributed by atoms with Crippen molar-refractivity contribution in [2.45, 2.75) is 25.7 Å². The molecule has 4 nitrogen and oxygen atoms in total. The maximum atomic E-state index is 11.8. The van der Waals surface area contributed by atoms with Crippen molar-refractivity contribution in [3.8, 4) is 0 Å². The van der Waals surface area contributed by atoms with Gasteiger partial charge in [0.05, 0.1) is 4.90 Å². The first-order chi connectivity index (χ1) is 8.24. The summed E-state index contributed by atoms with van der Waals surface area (Å²) in [5, 5.41) is 0. The number of Topliss-reactive ketones (excluding diaryl/α,β-unsaturated/α-hetero) is 2. The third-order valence-corrected chi connectivity index (χ3v) is 4.19. The van der Waals surface area contributed by atoms with Crippen LogP contribution >= 0.6 is 0 Å². The van der Waals surface area contributed by atoms with E-state index in [1.807, 2.05) is 0 Å². The Bertz CT molecular complexity index is 553. The van der Waals surface area contributed by atoms with Gasteiger partial charge in [0.15, 0.2) is 15.6 Å². The van der Waals surface area contributed by atoms with Crippen molar-refractivity contribution in [2.75, 3.05) is 5.75 Å². The van der Waals surface area contributed by atoms with E-state index in [9.17, 15) is 18.0 Å². The Morgan fingerprint density at radius 2 is 1.61 bits per heavy atom. The highest BCUT2D eigenvalue weighted by atomic mass is 32.2. The SMILES string of the molecule is CC(=O)CS(=O)(=O)c1ccc(C(=O)C(C)C)cc1. The number of hydrogen-bond acceptors (Lipinski definition) is 4. The molecule has 0 bridgehead atoms. The molecule has 0 aromatic heterocycles. The van der Waals surface area contributed by atoms with E-state index >= 15 is 0 Å². The van der Waals surface area contributed by atoms with Gasteiger partial charge in [-0.25, -0.2) is 8.42 Å². The molecule has 0 fully saturated rings. The molecule has 0 aliphatic rings. The molecule has 98 valence electrons. The lowest BCUT2D eigenvalue weighted by molar-refractivity contribution is -0.114. The number of carbonyl (C=O) groups is 2. The van der Waals surface area contributed by atoms with Crippen LogP contribution in [-0.4, -0.2) is 25.7 Å². The number of carbonyl (C=O) groups excluding carboxylic acids is 2. The highest BCUT2D eigenvalue weighted by Crippen LogP contribution is 2.15. The van der Waals surface area contributed by atoms with E-state index in [4.69, 9.17) is 0 Å². The van der Waals surface area contributed by atoms with Gasteiger partial charge < -0.3 is 0 Å². The standard InChI is InChI=1S/C13H16O4S/c1-9(2)13(15)11-4-6-12(7-5-11)18(16,17)8-10(3)14/h4-7,9H,8H2,1-3H3. The molecule has 0 N–H and O–H groups in total. The largest absolute Gasteiger partial charge is 0.299 e. The number of benzene rings is 1. The summed E-state index contributed by atoms with van der Waals surface area (Å²) < 4.78 is 23.5. The average Bonchev–Trinajstić information content (AvgIpc) is 2.26. The van der Waals surface area contributed by atoms with Crippen LogP contribution in [0.2, 0.25) is 0 Å². The van der Waals surface area contributed by atoms with E-state index in [0.717, 1.165) is 0 Å².